The van der Waals surface area contributed by atoms with E-state index < -0.39 is 5.41 Å². The summed E-state index contributed by atoms with van der Waals surface area (Å²) in [5.74, 6) is 0. The average molecular weight is 650 g/mol. The fraction of sp³-hybridized carbons (Fsp3) is 0.0204. The minimum absolute atomic E-state index is 0.460. The molecule has 0 aliphatic heterocycles. The molecule has 0 unspecified atom stereocenters. The molecule has 51 heavy (non-hydrogen) atoms. The summed E-state index contributed by atoms with van der Waals surface area (Å²) < 4.78 is 6.75. The van der Waals surface area contributed by atoms with Gasteiger partial charge in [-0.2, -0.15) is 0 Å². The summed E-state index contributed by atoms with van der Waals surface area (Å²) in [7, 11) is 0. The lowest BCUT2D eigenvalue weighted by atomic mass is 9.70. The molecule has 0 fully saturated rings. The molecule has 0 saturated carbocycles. The summed E-state index contributed by atoms with van der Waals surface area (Å²) in [6.45, 7) is 0. The molecular weight excluding hydrogens is 619 g/mol. The van der Waals surface area contributed by atoms with Crippen molar-refractivity contribution in [3.05, 3.63) is 210 Å². The lowest BCUT2D eigenvalue weighted by Gasteiger charge is -2.30. The van der Waals surface area contributed by atoms with Gasteiger partial charge in [-0.25, -0.2) is 0 Å². The molecule has 2 aliphatic carbocycles. The molecule has 0 atom stereocenters. The van der Waals surface area contributed by atoms with Crippen LogP contribution in [0.15, 0.2) is 192 Å². The van der Waals surface area contributed by atoms with Crippen molar-refractivity contribution in [1.29, 1.82) is 0 Å². The van der Waals surface area contributed by atoms with Gasteiger partial charge in [-0.3, -0.25) is 0 Å². The van der Waals surface area contributed by atoms with Crippen LogP contribution in [0.2, 0.25) is 0 Å². The van der Waals surface area contributed by atoms with Crippen LogP contribution in [-0.4, -0.2) is 0 Å². The molecule has 11 rings (SSSR count). The van der Waals surface area contributed by atoms with Crippen LogP contribution in [0.25, 0.3) is 55.3 Å². The Balaban J connectivity index is 1.13. The van der Waals surface area contributed by atoms with Gasteiger partial charge in [-0.05, 0) is 98.6 Å². The van der Waals surface area contributed by atoms with Crippen molar-refractivity contribution in [1.82, 2.24) is 0 Å². The third-order valence-electron chi connectivity index (χ3n) is 11.1. The SMILES string of the molecule is c1ccc(N(c2ccccc2)c2ccc(-c3ccc4c(c3)C3(c5ccccc5-c5ccccc53)c3ccc5c(oc6ccccc65)c3-4)cc2)cc1. The third kappa shape index (κ3) is 3.87. The fourth-order valence-electron chi connectivity index (χ4n) is 8.99. The van der Waals surface area contributed by atoms with E-state index in [1.165, 1.54) is 55.6 Å². The third-order valence-corrected chi connectivity index (χ3v) is 11.1. The van der Waals surface area contributed by atoms with Gasteiger partial charge in [-0.1, -0.05) is 140 Å². The first-order valence-electron chi connectivity index (χ1n) is 17.6. The van der Waals surface area contributed by atoms with E-state index in [1.807, 2.05) is 0 Å². The number of nitrogens with zero attached hydrogens (tertiary/aromatic N) is 1. The highest BCUT2D eigenvalue weighted by Gasteiger charge is 2.52. The van der Waals surface area contributed by atoms with E-state index in [0.29, 0.717) is 0 Å². The van der Waals surface area contributed by atoms with Crippen molar-refractivity contribution in [3.63, 3.8) is 0 Å². The monoisotopic (exact) mass is 649 g/mol. The van der Waals surface area contributed by atoms with Crippen LogP contribution in [0.4, 0.5) is 17.1 Å². The molecular formula is C49H31NO. The van der Waals surface area contributed by atoms with Gasteiger partial charge in [0.25, 0.3) is 0 Å². The zero-order valence-electron chi connectivity index (χ0n) is 27.8. The van der Waals surface area contributed by atoms with Gasteiger partial charge < -0.3 is 9.32 Å². The number of hydrogen-bond donors (Lipinski definition) is 0. The highest BCUT2D eigenvalue weighted by atomic mass is 16.3. The highest BCUT2D eigenvalue weighted by molar-refractivity contribution is 6.13. The number of hydrogen-bond acceptors (Lipinski definition) is 2. The molecule has 0 radical (unpaired) electrons. The van der Waals surface area contributed by atoms with E-state index in [0.717, 1.165) is 39.0 Å². The summed E-state index contributed by atoms with van der Waals surface area (Å²) in [6, 6.07) is 68.2. The van der Waals surface area contributed by atoms with E-state index in [9.17, 15) is 0 Å². The molecule has 0 saturated heterocycles. The van der Waals surface area contributed by atoms with Crippen molar-refractivity contribution in [2.45, 2.75) is 5.41 Å². The minimum Gasteiger partial charge on any atom is -0.455 e. The van der Waals surface area contributed by atoms with Crippen molar-refractivity contribution in [2.75, 3.05) is 4.90 Å². The summed E-state index contributed by atoms with van der Waals surface area (Å²) in [6.07, 6.45) is 0. The number of benzene rings is 8. The first kappa shape index (κ1) is 28.2. The maximum Gasteiger partial charge on any atom is 0.143 e. The molecule has 238 valence electrons. The fourth-order valence-corrected chi connectivity index (χ4v) is 8.99. The summed E-state index contributed by atoms with van der Waals surface area (Å²) in [5.41, 5.74) is 17.5. The molecule has 2 nitrogen and oxygen atoms in total. The smallest absolute Gasteiger partial charge is 0.143 e. The van der Waals surface area contributed by atoms with E-state index in [1.54, 1.807) is 0 Å². The van der Waals surface area contributed by atoms with E-state index in [-0.39, 0.29) is 0 Å². The highest BCUT2D eigenvalue weighted by Crippen LogP contribution is 2.64. The Bertz CT molecular complexity index is 2710. The van der Waals surface area contributed by atoms with Crippen molar-refractivity contribution in [2.24, 2.45) is 0 Å². The maximum atomic E-state index is 6.75. The van der Waals surface area contributed by atoms with Gasteiger partial charge in [-0.15, -0.1) is 0 Å². The standard InChI is InChI=1S/C49H31NO/c1-3-13-34(14-4-1)50(35-15-5-2-6-16-35)36-26-23-32(24-27-36)33-25-28-41-45(31-33)49(42-20-10-7-17-37(42)38-18-8-11-21-43(38)49)44-30-29-40-39-19-9-12-22-46(39)51-48(40)47(41)44/h1-31H. The second-order valence-corrected chi connectivity index (χ2v) is 13.6. The molecule has 2 aliphatic rings. The summed E-state index contributed by atoms with van der Waals surface area (Å²) in [5, 5.41) is 2.31. The molecule has 1 spiro atoms. The van der Waals surface area contributed by atoms with Crippen LogP contribution in [0, 0.1) is 0 Å². The van der Waals surface area contributed by atoms with Crippen LogP contribution >= 0.6 is 0 Å². The molecule has 0 amide bonds. The predicted molar refractivity (Wildman–Crippen MR) is 210 cm³/mol. The average Bonchev–Trinajstić information content (AvgIpc) is 3.83. The summed E-state index contributed by atoms with van der Waals surface area (Å²) >= 11 is 0. The van der Waals surface area contributed by atoms with Crippen molar-refractivity contribution in [3.8, 4) is 33.4 Å². The number of rotatable bonds is 4. The maximum absolute atomic E-state index is 6.75. The van der Waals surface area contributed by atoms with Crippen molar-refractivity contribution < 1.29 is 4.42 Å². The molecule has 8 aromatic carbocycles. The van der Waals surface area contributed by atoms with Crippen LogP contribution in [0.1, 0.15) is 22.3 Å². The van der Waals surface area contributed by atoms with Crippen LogP contribution < -0.4 is 4.90 Å². The molecule has 1 aromatic heterocycles. The second-order valence-electron chi connectivity index (χ2n) is 13.6. The van der Waals surface area contributed by atoms with E-state index in [4.69, 9.17) is 4.42 Å². The first-order valence-corrected chi connectivity index (χ1v) is 17.6. The number of furan rings is 1. The van der Waals surface area contributed by atoms with Gasteiger partial charge >= 0.3 is 0 Å². The molecule has 2 heteroatoms. The van der Waals surface area contributed by atoms with Crippen LogP contribution in [0.5, 0.6) is 0 Å². The molecule has 0 bridgehead atoms. The minimum atomic E-state index is -0.460. The van der Waals surface area contributed by atoms with Gasteiger partial charge in [0.1, 0.15) is 11.2 Å². The van der Waals surface area contributed by atoms with Gasteiger partial charge in [0.15, 0.2) is 0 Å². The number of fused-ring (bicyclic) bond motifs is 14. The zero-order chi connectivity index (χ0) is 33.5. The van der Waals surface area contributed by atoms with Gasteiger partial charge in [0, 0.05) is 33.4 Å². The quantitative estimate of drug-likeness (QED) is 0.189. The summed E-state index contributed by atoms with van der Waals surface area (Å²) in [4.78, 5) is 2.31. The van der Waals surface area contributed by atoms with Gasteiger partial charge in [0.05, 0.1) is 5.41 Å². The zero-order valence-corrected chi connectivity index (χ0v) is 27.8. The van der Waals surface area contributed by atoms with E-state index in [2.05, 4.69) is 193 Å². The number of para-hydroxylation sites is 3. The predicted octanol–water partition coefficient (Wildman–Crippen LogP) is 13.1. The lowest BCUT2D eigenvalue weighted by Crippen LogP contribution is -2.25. The molecule has 0 N–H and O–H groups in total. The second kappa shape index (κ2) is 10.7. The van der Waals surface area contributed by atoms with Gasteiger partial charge in [0.2, 0.25) is 0 Å². The number of anilines is 3. The topological polar surface area (TPSA) is 16.4 Å². The largest absolute Gasteiger partial charge is 0.455 e. The van der Waals surface area contributed by atoms with E-state index >= 15 is 0 Å². The first-order chi connectivity index (χ1) is 25.3. The Morgan fingerprint density at radius 2 is 0.941 bits per heavy atom. The Labute approximate surface area is 296 Å². The Hall–Kier alpha value is -6.64. The molecule has 1 heterocycles. The Morgan fingerprint density at radius 1 is 0.373 bits per heavy atom. The van der Waals surface area contributed by atoms with Crippen molar-refractivity contribution >= 4 is 39.0 Å². The molecule has 9 aromatic rings. The normalized spacial score (nSPS) is 13.3. The Morgan fingerprint density at radius 3 is 1.63 bits per heavy atom. The van der Waals surface area contributed by atoms with Crippen LogP contribution in [0.3, 0.4) is 0 Å². The lowest BCUT2D eigenvalue weighted by molar-refractivity contribution is 0.669. The Kier molecular flexibility index (Phi) is 5.91. The van der Waals surface area contributed by atoms with Crippen LogP contribution in [-0.2, 0) is 5.41 Å².